The third-order valence-electron chi connectivity index (χ3n) is 4.13. The summed E-state index contributed by atoms with van der Waals surface area (Å²) in [6.07, 6.45) is 1.09. The van der Waals surface area contributed by atoms with Crippen LogP contribution in [0.3, 0.4) is 0 Å². The number of carbonyl (C=O) groups excluding carboxylic acids is 1. The van der Waals surface area contributed by atoms with Gasteiger partial charge in [0.05, 0.1) is 35.4 Å². The molecule has 3 rings (SSSR count). The Balaban J connectivity index is 1.88. The van der Waals surface area contributed by atoms with E-state index in [9.17, 15) is 14.9 Å². The predicted octanol–water partition coefficient (Wildman–Crippen LogP) is 4.21. The van der Waals surface area contributed by atoms with Crippen LogP contribution in [-0.2, 0) is 0 Å². The fourth-order valence-corrected chi connectivity index (χ4v) is 3.13. The summed E-state index contributed by atoms with van der Waals surface area (Å²) < 4.78 is 10.4. The monoisotopic (exact) mass is 478 g/mol. The lowest BCUT2D eigenvalue weighted by Crippen LogP contribution is -2.30. The zero-order valence-corrected chi connectivity index (χ0v) is 18.2. The number of hydrazine groups is 1. The van der Waals surface area contributed by atoms with Gasteiger partial charge in [-0.15, -0.1) is 0 Å². The zero-order chi connectivity index (χ0) is 23.3. The van der Waals surface area contributed by atoms with Crippen LogP contribution in [0.1, 0.15) is 10.4 Å². The van der Waals surface area contributed by atoms with Gasteiger partial charge in [0, 0.05) is 11.1 Å². The first-order valence-corrected chi connectivity index (χ1v) is 9.59. The average molecular weight is 479 g/mol. The Morgan fingerprint density at radius 3 is 2.47 bits per heavy atom. The molecule has 1 amide bonds. The van der Waals surface area contributed by atoms with E-state index < -0.39 is 16.5 Å². The Bertz CT molecular complexity index is 1180. The van der Waals surface area contributed by atoms with Crippen molar-refractivity contribution in [1.82, 2.24) is 15.4 Å². The van der Waals surface area contributed by atoms with Crippen LogP contribution in [0.25, 0.3) is 0 Å². The molecule has 166 valence electrons. The number of halogens is 2. The minimum Gasteiger partial charge on any atom is -0.497 e. The van der Waals surface area contributed by atoms with E-state index >= 15 is 0 Å². The van der Waals surface area contributed by atoms with Gasteiger partial charge in [-0.25, -0.2) is 9.97 Å². The van der Waals surface area contributed by atoms with Crippen molar-refractivity contribution in [3.05, 3.63) is 68.4 Å². The van der Waals surface area contributed by atoms with Gasteiger partial charge in [-0.05, 0) is 30.3 Å². The molecule has 3 N–H and O–H groups in total. The number of nitrogens with one attached hydrogen (secondary N) is 3. The van der Waals surface area contributed by atoms with Gasteiger partial charge in [0.2, 0.25) is 11.6 Å². The molecular weight excluding hydrogens is 463 g/mol. The Morgan fingerprint density at radius 1 is 1.06 bits per heavy atom. The third-order valence-corrected chi connectivity index (χ3v) is 4.68. The van der Waals surface area contributed by atoms with E-state index in [4.69, 9.17) is 32.7 Å². The summed E-state index contributed by atoms with van der Waals surface area (Å²) in [6, 6.07) is 9.18. The van der Waals surface area contributed by atoms with Gasteiger partial charge >= 0.3 is 5.69 Å². The van der Waals surface area contributed by atoms with E-state index in [1.807, 2.05) is 0 Å². The third kappa shape index (κ3) is 5.07. The minimum atomic E-state index is -0.696. The highest BCUT2D eigenvalue weighted by molar-refractivity contribution is 6.36. The van der Waals surface area contributed by atoms with Crippen molar-refractivity contribution in [2.45, 2.75) is 0 Å². The standard InChI is InChI=1S/C19H16Cl2N6O5/c1-31-11-4-6-15(32-2)14(8-11)24-17-16(27(29)30)18(23-9-22-17)25-26-19(28)12-5-3-10(20)7-13(12)21/h3-9H,1-2H3,(H,26,28)(H2,22,23,24,25). The zero-order valence-electron chi connectivity index (χ0n) is 16.7. The second kappa shape index (κ2) is 9.98. The maximum Gasteiger partial charge on any atom is 0.355 e. The van der Waals surface area contributed by atoms with Crippen molar-refractivity contribution in [1.29, 1.82) is 0 Å². The summed E-state index contributed by atoms with van der Waals surface area (Å²) in [5.74, 6) is -0.149. The van der Waals surface area contributed by atoms with E-state index in [-0.39, 0.29) is 22.2 Å². The molecule has 3 aromatic rings. The number of nitrogens with zero attached hydrogens (tertiary/aromatic N) is 3. The molecule has 11 nitrogen and oxygen atoms in total. The first kappa shape index (κ1) is 22.8. The highest BCUT2D eigenvalue weighted by atomic mass is 35.5. The molecule has 0 radical (unpaired) electrons. The van der Waals surface area contributed by atoms with E-state index in [1.54, 1.807) is 18.2 Å². The normalized spacial score (nSPS) is 10.2. The molecule has 0 unspecified atom stereocenters. The largest absolute Gasteiger partial charge is 0.497 e. The molecule has 2 aromatic carbocycles. The Hall–Kier alpha value is -3.83. The number of hydrogen-bond acceptors (Lipinski definition) is 9. The summed E-state index contributed by atoms with van der Waals surface area (Å²) in [6.45, 7) is 0. The summed E-state index contributed by atoms with van der Waals surface area (Å²) >= 11 is 11.8. The fraction of sp³-hybridized carbons (Fsp3) is 0.105. The van der Waals surface area contributed by atoms with Gasteiger partial charge in [0.25, 0.3) is 5.91 Å². The first-order chi connectivity index (χ1) is 15.3. The maximum absolute atomic E-state index is 12.4. The average Bonchev–Trinajstić information content (AvgIpc) is 2.77. The molecule has 0 saturated carbocycles. The number of rotatable bonds is 8. The van der Waals surface area contributed by atoms with Crippen LogP contribution in [-0.4, -0.2) is 35.0 Å². The minimum absolute atomic E-state index is 0.111. The molecule has 0 atom stereocenters. The summed E-state index contributed by atoms with van der Waals surface area (Å²) in [5.41, 5.74) is 4.72. The van der Waals surface area contributed by atoms with Crippen molar-refractivity contribution in [3.8, 4) is 11.5 Å². The molecule has 0 aliphatic carbocycles. The van der Waals surface area contributed by atoms with Crippen LogP contribution >= 0.6 is 23.2 Å². The molecule has 1 heterocycles. The number of aromatic nitrogens is 2. The topological polar surface area (TPSA) is 141 Å². The van der Waals surface area contributed by atoms with E-state index in [2.05, 4.69) is 26.1 Å². The SMILES string of the molecule is COc1ccc(OC)c(Nc2ncnc(NNC(=O)c3ccc(Cl)cc3Cl)c2[N+](=O)[O-])c1. The number of benzene rings is 2. The molecule has 0 fully saturated rings. The lowest BCUT2D eigenvalue weighted by molar-refractivity contribution is -0.383. The van der Waals surface area contributed by atoms with Gasteiger partial charge in [-0.3, -0.25) is 25.8 Å². The van der Waals surface area contributed by atoms with Gasteiger partial charge in [0.15, 0.2) is 0 Å². The number of anilines is 3. The first-order valence-electron chi connectivity index (χ1n) is 8.84. The Kier molecular flexibility index (Phi) is 7.13. The summed E-state index contributed by atoms with van der Waals surface area (Å²) in [4.78, 5) is 31.3. The second-order valence-corrected chi connectivity index (χ2v) is 6.91. The number of hydrogen-bond donors (Lipinski definition) is 3. The number of amides is 1. The van der Waals surface area contributed by atoms with Crippen molar-refractivity contribution in [2.24, 2.45) is 0 Å². The molecule has 0 spiro atoms. The van der Waals surface area contributed by atoms with Crippen LogP contribution in [0.15, 0.2) is 42.7 Å². The molecule has 0 bridgehead atoms. The summed E-state index contributed by atoms with van der Waals surface area (Å²) in [7, 11) is 2.93. The van der Waals surface area contributed by atoms with Gasteiger partial charge in [0.1, 0.15) is 17.8 Å². The van der Waals surface area contributed by atoms with Gasteiger partial charge in [-0.2, -0.15) is 0 Å². The van der Waals surface area contributed by atoms with Crippen LogP contribution in [0.4, 0.5) is 23.0 Å². The van der Waals surface area contributed by atoms with Crippen molar-refractivity contribution < 1.29 is 19.2 Å². The summed E-state index contributed by atoms with van der Waals surface area (Å²) in [5, 5.41) is 15.1. The van der Waals surface area contributed by atoms with Crippen LogP contribution in [0.2, 0.25) is 10.0 Å². The van der Waals surface area contributed by atoms with Crippen molar-refractivity contribution >= 4 is 52.1 Å². The molecule has 0 saturated heterocycles. The molecule has 0 aliphatic rings. The van der Waals surface area contributed by atoms with Crippen molar-refractivity contribution in [2.75, 3.05) is 25.0 Å². The number of nitro groups is 1. The Labute approximate surface area is 191 Å². The van der Waals surface area contributed by atoms with Crippen molar-refractivity contribution in [3.63, 3.8) is 0 Å². The van der Waals surface area contributed by atoms with E-state index in [0.717, 1.165) is 6.33 Å². The number of methoxy groups -OCH3 is 2. The van der Waals surface area contributed by atoms with Crippen LogP contribution in [0.5, 0.6) is 11.5 Å². The van der Waals surface area contributed by atoms with Gasteiger partial charge < -0.3 is 14.8 Å². The molecule has 1 aromatic heterocycles. The van der Waals surface area contributed by atoms with Crippen LogP contribution in [0, 0.1) is 10.1 Å². The van der Waals surface area contributed by atoms with Gasteiger partial charge in [-0.1, -0.05) is 23.2 Å². The lowest BCUT2D eigenvalue weighted by atomic mass is 10.2. The predicted molar refractivity (Wildman–Crippen MR) is 119 cm³/mol. The highest BCUT2D eigenvalue weighted by Gasteiger charge is 2.25. The Morgan fingerprint density at radius 2 is 1.81 bits per heavy atom. The van der Waals surface area contributed by atoms with E-state index in [0.29, 0.717) is 22.2 Å². The quantitative estimate of drug-likeness (QED) is 0.320. The highest BCUT2D eigenvalue weighted by Crippen LogP contribution is 2.36. The molecule has 32 heavy (non-hydrogen) atoms. The number of carbonyl (C=O) groups is 1. The number of ether oxygens (including phenoxy) is 2. The smallest absolute Gasteiger partial charge is 0.355 e. The molecular formula is C19H16Cl2N6O5. The molecule has 0 aliphatic heterocycles. The molecule has 13 heteroatoms. The maximum atomic E-state index is 12.4. The van der Waals surface area contributed by atoms with Crippen LogP contribution < -0.4 is 25.6 Å². The second-order valence-electron chi connectivity index (χ2n) is 6.07. The lowest BCUT2D eigenvalue weighted by Gasteiger charge is -2.14. The fourth-order valence-electron chi connectivity index (χ4n) is 2.63. The van der Waals surface area contributed by atoms with E-state index in [1.165, 1.54) is 32.4 Å².